The van der Waals surface area contributed by atoms with Gasteiger partial charge in [-0.1, -0.05) is 29.8 Å². The van der Waals surface area contributed by atoms with E-state index >= 15 is 0 Å². The van der Waals surface area contributed by atoms with Crippen LogP contribution in [0.15, 0.2) is 83.4 Å². The van der Waals surface area contributed by atoms with Crippen molar-refractivity contribution in [3.8, 4) is 5.75 Å². The number of hydrogen-bond donors (Lipinski definition) is 0. The second-order valence-electron chi connectivity index (χ2n) is 7.31. The molecule has 0 radical (unpaired) electrons. The van der Waals surface area contributed by atoms with Gasteiger partial charge in [0.1, 0.15) is 11.4 Å². The maximum atomic E-state index is 13.5. The van der Waals surface area contributed by atoms with E-state index in [1.165, 1.54) is 50.6 Å². The average Bonchev–Trinajstić information content (AvgIpc) is 2.84. The molecule has 0 spiro atoms. The van der Waals surface area contributed by atoms with Crippen LogP contribution in [-0.4, -0.2) is 37.6 Å². The van der Waals surface area contributed by atoms with Gasteiger partial charge in [0.15, 0.2) is 0 Å². The van der Waals surface area contributed by atoms with E-state index in [0.29, 0.717) is 11.3 Å². The molecule has 10 heteroatoms. The molecule has 0 fully saturated rings. The molecule has 8 nitrogen and oxygen atoms in total. The zero-order chi connectivity index (χ0) is 25.0. The normalized spacial score (nSPS) is 12.0. The van der Waals surface area contributed by atoms with Crippen molar-refractivity contribution in [1.82, 2.24) is 4.31 Å². The second kappa shape index (κ2) is 10.2. The zero-order valence-corrected chi connectivity index (χ0v) is 21.0. The van der Waals surface area contributed by atoms with Crippen LogP contribution in [0, 0.1) is 17.0 Å². The number of rotatable bonds is 8. The molecule has 0 amide bonds. The highest BCUT2D eigenvalue weighted by molar-refractivity contribution is 9.15. The van der Waals surface area contributed by atoms with E-state index in [4.69, 9.17) is 4.74 Å². The standard InChI is InChI=1S/C24H21BrN2O6S/c1-16-4-14-21(15-5-16)34(31,32)26(2)23(22(25)17-8-12-20(33-3)13-9-17)24(28)18-6-10-19(11-7-18)27(29)30/h4-15H,1-3H3/b23-22+. The molecule has 0 unspecified atom stereocenters. The van der Waals surface area contributed by atoms with Crippen LogP contribution >= 0.6 is 15.9 Å². The third kappa shape index (κ3) is 5.18. The van der Waals surface area contributed by atoms with E-state index in [-0.39, 0.29) is 26.3 Å². The topological polar surface area (TPSA) is 107 Å². The number of carbonyl (C=O) groups excluding carboxylic acids is 1. The number of ether oxygens (including phenoxy) is 1. The van der Waals surface area contributed by atoms with Crippen molar-refractivity contribution in [2.45, 2.75) is 11.8 Å². The van der Waals surface area contributed by atoms with Gasteiger partial charge in [-0.15, -0.1) is 0 Å². The Balaban J connectivity index is 2.17. The summed E-state index contributed by atoms with van der Waals surface area (Å²) in [5.41, 5.74) is 1.18. The van der Waals surface area contributed by atoms with Gasteiger partial charge >= 0.3 is 0 Å². The summed E-state index contributed by atoms with van der Waals surface area (Å²) in [6.45, 7) is 1.84. The fourth-order valence-electron chi connectivity index (χ4n) is 3.11. The minimum atomic E-state index is -4.10. The highest BCUT2D eigenvalue weighted by Gasteiger charge is 2.30. The van der Waals surface area contributed by atoms with Crippen molar-refractivity contribution < 1.29 is 22.9 Å². The van der Waals surface area contributed by atoms with Crippen molar-refractivity contribution >= 4 is 41.9 Å². The van der Waals surface area contributed by atoms with Gasteiger partial charge < -0.3 is 4.74 Å². The number of ketones is 1. The number of nitro benzene ring substituents is 1. The Morgan fingerprint density at radius 3 is 1.97 bits per heavy atom. The third-order valence-electron chi connectivity index (χ3n) is 5.10. The Morgan fingerprint density at radius 1 is 0.941 bits per heavy atom. The van der Waals surface area contributed by atoms with Crippen LogP contribution in [0.25, 0.3) is 4.48 Å². The van der Waals surface area contributed by atoms with Gasteiger partial charge in [-0.2, -0.15) is 0 Å². The summed E-state index contributed by atoms with van der Waals surface area (Å²) in [6.07, 6.45) is 0. The molecule has 3 rings (SSSR count). The number of carbonyl (C=O) groups is 1. The quantitative estimate of drug-likeness (QED) is 0.167. The Bertz CT molecular complexity index is 1350. The van der Waals surface area contributed by atoms with Gasteiger partial charge in [0.2, 0.25) is 5.78 Å². The number of likely N-dealkylation sites (N-methyl/N-ethyl adjacent to an activating group) is 1. The number of aryl methyl sites for hydroxylation is 1. The number of sulfonamides is 1. The number of halogens is 1. The first-order valence-electron chi connectivity index (χ1n) is 9.95. The van der Waals surface area contributed by atoms with E-state index in [9.17, 15) is 23.3 Å². The van der Waals surface area contributed by atoms with Crippen LogP contribution in [0.4, 0.5) is 5.69 Å². The molecule has 0 N–H and O–H groups in total. The first kappa shape index (κ1) is 25.1. The number of methoxy groups -OCH3 is 1. The summed E-state index contributed by atoms with van der Waals surface area (Å²) in [7, 11) is -1.29. The molecular formula is C24H21BrN2O6S. The van der Waals surface area contributed by atoms with Gasteiger partial charge in [0.25, 0.3) is 15.7 Å². The maximum Gasteiger partial charge on any atom is 0.269 e. The molecule has 0 atom stereocenters. The highest BCUT2D eigenvalue weighted by atomic mass is 79.9. The average molecular weight is 545 g/mol. The third-order valence-corrected chi connectivity index (χ3v) is 7.71. The lowest BCUT2D eigenvalue weighted by Gasteiger charge is -2.23. The number of nitrogens with zero attached hydrogens (tertiary/aromatic N) is 2. The second-order valence-corrected chi connectivity index (χ2v) is 10.1. The molecule has 0 saturated carbocycles. The zero-order valence-electron chi connectivity index (χ0n) is 18.6. The summed E-state index contributed by atoms with van der Waals surface area (Å²) in [5.74, 6) is -0.0382. The number of non-ortho nitro benzene ring substituents is 1. The van der Waals surface area contributed by atoms with E-state index in [2.05, 4.69) is 15.9 Å². The fraction of sp³-hybridized carbons (Fsp3) is 0.125. The molecule has 0 heterocycles. The van der Waals surface area contributed by atoms with E-state index < -0.39 is 20.7 Å². The first-order valence-corrected chi connectivity index (χ1v) is 12.2. The van der Waals surface area contributed by atoms with Crippen molar-refractivity contribution in [1.29, 1.82) is 0 Å². The minimum Gasteiger partial charge on any atom is -0.497 e. The van der Waals surface area contributed by atoms with E-state index in [1.807, 2.05) is 6.92 Å². The van der Waals surface area contributed by atoms with Crippen molar-refractivity contribution in [2.24, 2.45) is 0 Å². The largest absolute Gasteiger partial charge is 0.497 e. The van der Waals surface area contributed by atoms with Crippen molar-refractivity contribution in [3.63, 3.8) is 0 Å². The molecule has 0 bridgehead atoms. The molecule has 3 aromatic carbocycles. The lowest BCUT2D eigenvalue weighted by atomic mass is 10.1. The smallest absolute Gasteiger partial charge is 0.269 e. The Kier molecular flexibility index (Phi) is 7.53. The SMILES string of the molecule is COc1ccc(/C(Br)=C(/C(=O)c2ccc([N+](=O)[O-])cc2)N(C)S(=O)(=O)c2ccc(C)cc2)cc1. The van der Waals surface area contributed by atoms with Gasteiger partial charge in [-0.05, 0) is 64.8 Å². The van der Waals surface area contributed by atoms with Crippen molar-refractivity contribution in [2.75, 3.05) is 14.2 Å². The highest BCUT2D eigenvalue weighted by Crippen LogP contribution is 2.33. The van der Waals surface area contributed by atoms with Crippen LogP contribution in [0.1, 0.15) is 21.5 Å². The van der Waals surface area contributed by atoms with Gasteiger partial charge in [-0.25, -0.2) is 8.42 Å². The number of allylic oxidation sites excluding steroid dienone is 1. The molecule has 3 aromatic rings. The lowest BCUT2D eigenvalue weighted by molar-refractivity contribution is -0.384. The van der Waals surface area contributed by atoms with Gasteiger partial charge in [0, 0.05) is 24.7 Å². The first-order chi connectivity index (χ1) is 16.1. The number of hydrogen-bond acceptors (Lipinski definition) is 6. The van der Waals surface area contributed by atoms with Crippen LogP contribution in [0.3, 0.4) is 0 Å². The summed E-state index contributed by atoms with van der Waals surface area (Å²) < 4.78 is 33.1. The lowest BCUT2D eigenvalue weighted by Crippen LogP contribution is -2.31. The Hall–Kier alpha value is -3.50. The van der Waals surface area contributed by atoms with Crippen molar-refractivity contribution in [3.05, 3.63) is 105 Å². The van der Waals surface area contributed by atoms with E-state index in [1.54, 1.807) is 36.4 Å². The van der Waals surface area contributed by atoms with Crippen LogP contribution < -0.4 is 4.74 Å². The van der Waals surface area contributed by atoms with Crippen LogP contribution in [0.5, 0.6) is 5.75 Å². The molecule has 0 aromatic heterocycles. The minimum absolute atomic E-state index is 0.0182. The number of nitro groups is 1. The summed E-state index contributed by atoms with van der Waals surface area (Å²) in [6, 6.07) is 18.0. The molecule has 0 aliphatic heterocycles. The summed E-state index contributed by atoms with van der Waals surface area (Å²) in [4.78, 5) is 24.0. The molecule has 34 heavy (non-hydrogen) atoms. The van der Waals surface area contributed by atoms with Crippen LogP contribution in [-0.2, 0) is 10.0 Å². The number of Topliss-reactive ketones (excluding diaryl/α,β-unsaturated/α-hetero) is 1. The fourth-order valence-corrected chi connectivity index (χ4v) is 5.15. The predicted molar refractivity (Wildman–Crippen MR) is 132 cm³/mol. The molecule has 0 aliphatic rings. The van der Waals surface area contributed by atoms with Gasteiger partial charge in [0.05, 0.1) is 21.4 Å². The summed E-state index contributed by atoms with van der Waals surface area (Å²) in [5, 5.41) is 11.0. The predicted octanol–water partition coefficient (Wildman–Crippen LogP) is 5.18. The molecule has 0 saturated heterocycles. The Labute approximate surface area is 205 Å². The molecular weight excluding hydrogens is 524 g/mol. The van der Waals surface area contributed by atoms with E-state index in [0.717, 1.165) is 9.87 Å². The molecule has 0 aliphatic carbocycles. The summed E-state index contributed by atoms with van der Waals surface area (Å²) >= 11 is 3.42. The monoisotopic (exact) mass is 544 g/mol. The Morgan fingerprint density at radius 2 is 1.47 bits per heavy atom. The van der Waals surface area contributed by atoms with Crippen LogP contribution in [0.2, 0.25) is 0 Å². The maximum absolute atomic E-state index is 13.5. The van der Waals surface area contributed by atoms with Gasteiger partial charge in [-0.3, -0.25) is 19.2 Å². The molecule has 176 valence electrons. The number of benzene rings is 3.